The number of aromatic amines is 1. The molecule has 0 aliphatic carbocycles. The van der Waals surface area contributed by atoms with E-state index >= 15 is 0 Å². The normalized spacial score (nSPS) is 18.8. The molecule has 7 heteroatoms. The van der Waals surface area contributed by atoms with E-state index in [0.29, 0.717) is 18.0 Å². The fourth-order valence-electron chi connectivity index (χ4n) is 2.56. The van der Waals surface area contributed by atoms with Crippen LogP contribution in [0.4, 0.5) is 5.69 Å². The molecule has 0 radical (unpaired) electrons. The van der Waals surface area contributed by atoms with Gasteiger partial charge in [0.15, 0.2) is 0 Å². The van der Waals surface area contributed by atoms with Gasteiger partial charge in [-0.3, -0.25) is 4.98 Å². The third kappa shape index (κ3) is 2.28. The fourth-order valence-corrected chi connectivity index (χ4v) is 2.56. The third-order valence-corrected chi connectivity index (χ3v) is 3.48. The van der Waals surface area contributed by atoms with Crippen molar-refractivity contribution in [2.24, 2.45) is 0 Å². The molecule has 1 aliphatic rings. The van der Waals surface area contributed by atoms with Gasteiger partial charge in [-0.25, -0.2) is 9.89 Å². The van der Waals surface area contributed by atoms with Gasteiger partial charge in [-0.15, -0.1) is 5.10 Å². The van der Waals surface area contributed by atoms with Crippen LogP contribution in [0.2, 0.25) is 0 Å². The fraction of sp³-hybridized carbons (Fsp3) is 0.385. The first-order valence-corrected chi connectivity index (χ1v) is 6.42. The summed E-state index contributed by atoms with van der Waals surface area (Å²) in [6.07, 6.45) is 5.10. The Morgan fingerprint density at radius 1 is 1.55 bits per heavy atom. The van der Waals surface area contributed by atoms with Crippen molar-refractivity contribution in [3.63, 3.8) is 0 Å². The highest BCUT2D eigenvalue weighted by Gasteiger charge is 2.26. The number of hydrogen-bond acceptors (Lipinski definition) is 6. The molecule has 2 aromatic heterocycles. The Morgan fingerprint density at radius 3 is 3.20 bits per heavy atom. The smallest absolute Gasteiger partial charge is 0.392 e. The molecule has 1 atom stereocenters. The zero-order chi connectivity index (χ0) is 13.9. The molecule has 0 aromatic carbocycles. The number of nitriles is 1. The number of aromatic nitrogens is 3. The van der Waals surface area contributed by atoms with Crippen LogP contribution in [0.3, 0.4) is 0 Å². The van der Waals surface area contributed by atoms with Gasteiger partial charge in [0.05, 0.1) is 17.2 Å². The zero-order valence-electron chi connectivity index (χ0n) is 10.7. The lowest BCUT2D eigenvalue weighted by molar-refractivity contribution is 0.385. The van der Waals surface area contributed by atoms with E-state index in [4.69, 9.17) is 9.68 Å². The van der Waals surface area contributed by atoms with Gasteiger partial charge < -0.3 is 9.32 Å². The predicted octanol–water partition coefficient (Wildman–Crippen LogP) is 1.01. The predicted molar refractivity (Wildman–Crippen MR) is 70.3 cm³/mol. The van der Waals surface area contributed by atoms with Crippen molar-refractivity contribution >= 4 is 5.69 Å². The molecule has 1 unspecified atom stereocenters. The highest BCUT2D eigenvalue weighted by atomic mass is 16.4. The highest BCUT2D eigenvalue weighted by molar-refractivity contribution is 5.58. The van der Waals surface area contributed by atoms with Crippen molar-refractivity contribution in [2.75, 3.05) is 18.0 Å². The molecular weight excluding hydrogens is 258 g/mol. The molecule has 102 valence electrons. The average molecular weight is 271 g/mol. The third-order valence-electron chi connectivity index (χ3n) is 3.48. The first-order chi connectivity index (χ1) is 9.78. The van der Waals surface area contributed by atoms with E-state index in [1.165, 1.54) is 0 Å². The van der Waals surface area contributed by atoms with Gasteiger partial charge >= 0.3 is 5.76 Å². The summed E-state index contributed by atoms with van der Waals surface area (Å²) in [5.74, 6) is -0.0339. The van der Waals surface area contributed by atoms with E-state index < -0.39 is 5.76 Å². The van der Waals surface area contributed by atoms with Crippen molar-refractivity contribution in [1.82, 2.24) is 15.2 Å². The second kappa shape index (κ2) is 5.17. The minimum Gasteiger partial charge on any atom is -0.392 e. The number of H-pyrrole nitrogens is 1. The molecule has 0 bridgehead atoms. The number of hydrogen-bond donors (Lipinski definition) is 1. The lowest BCUT2D eigenvalue weighted by Gasteiger charge is -2.33. The molecule has 3 heterocycles. The summed E-state index contributed by atoms with van der Waals surface area (Å²) < 4.78 is 5.04. The molecule has 1 aliphatic heterocycles. The van der Waals surface area contributed by atoms with Crippen molar-refractivity contribution in [3.05, 3.63) is 40.5 Å². The number of piperidine rings is 1. The zero-order valence-corrected chi connectivity index (χ0v) is 10.7. The monoisotopic (exact) mass is 271 g/mol. The maximum Gasteiger partial charge on any atom is 0.434 e. The summed E-state index contributed by atoms with van der Waals surface area (Å²) in [4.78, 5) is 17.1. The Hall–Kier alpha value is -2.62. The van der Waals surface area contributed by atoms with Crippen molar-refractivity contribution < 1.29 is 4.42 Å². The molecule has 1 fully saturated rings. The Balaban J connectivity index is 1.85. The SMILES string of the molecule is N#Cc1cnccc1N1CCCC(c2n[nH]c(=O)o2)C1. The van der Waals surface area contributed by atoms with Crippen LogP contribution < -0.4 is 10.7 Å². The summed E-state index contributed by atoms with van der Waals surface area (Å²) in [6, 6.07) is 3.99. The molecule has 0 amide bonds. The van der Waals surface area contributed by atoms with Gasteiger partial charge in [0.1, 0.15) is 6.07 Å². The van der Waals surface area contributed by atoms with Crippen LogP contribution in [0.15, 0.2) is 27.7 Å². The van der Waals surface area contributed by atoms with Crippen LogP contribution in [0, 0.1) is 11.3 Å². The van der Waals surface area contributed by atoms with Crippen LogP contribution >= 0.6 is 0 Å². The summed E-state index contributed by atoms with van der Waals surface area (Å²) >= 11 is 0. The summed E-state index contributed by atoms with van der Waals surface area (Å²) in [5, 5.41) is 15.3. The van der Waals surface area contributed by atoms with Gasteiger partial charge in [-0.2, -0.15) is 5.26 Å². The standard InChI is InChI=1S/C13H13N5O2/c14-6-10-7-15-4-3-11(10)18-5-1-2-9(8-18)12-16-17-13(19)20-12/h3-4,7,9H,1-2,5,8H2,(H,17,19). The Labute approximate surface area is 114 Å². The number of nitrogens with one attached hydrogen (secondary N) is 1. The van der Waals surface area contributed by atoms with Gasteiger partial charge in [-0.05, 0) is 18.9 Å². The molecule has 0 saturated carbocycles. The van der Waals surface area contributed by atoms with E-state index in [2.05, 4.69) is 26.2 Å². The Morgan fingerprint density at radius 2 is 2.45 bits per heavy atom. The maximum absolute atomic E-state index is 11.0. The van der Waals surface area contributed by atoms with Gasteiger partial charge in [0.25, 0.3) is 0 Å². The number of anilines is 1. The largest absolute Gasteiger partial charge is 0.434 e. The van der Waals surface area contributed by atoms with Gasteiger partial charge in [-0.1, -0.05) is 0 Å². The number of nitrogens with zero attached hydrogens (tertiary/aromatic N) is 4. The first kappa shape index (κ1) is 12.4. The average Bonchev–Trinajstić information content (AvgIpc) is 2.94. The van der Waals surface area contributed by atoms with Crippen molar-refractivity contribution in [2.45, 2.75) is 18.8 Å². The number of rotatable bonds is 2. The Bertz CT molecular complexity index is 699. The van der Waals surface area contributed by atoms with Crippen LogP contribution in [-0.4, -0.2) is 28.3 Å². The Kier molecular flexibility index (Phi) is 3.21. The van der Waals surface area contributed by atoms with E-state index in [-0.39, 0.29) is 5.92 Å². The lowest BCUT2D eigenvalue weighted by atomic mass is 9.97. The molecule has 2 aromatic rings. The van der Waals surface area contributed by atoms with E-state index in [1.54, 1.807) is 12.4 Å². The topological polar surface area (TPSA) is 98.8 Å². The minimum atomic E-state index is -0.529. The molecular formula is C13H13N5O2. The van der Waals surface area contributed by atoms with E-state index in [9.17, 15) is 4.79 Å². The quantitative estimate of drug-likeness (QED) is 0.875. The van der Waals surface area contributed by atoms with E-state index in [1.807, 2.05) is 6.07 Å². The number of pyridine rings is 1. The maximum atomic E-state index is 11.0. The lowest BCUT2D eigenvalue weighted by Crippen LogP contribution is -2.35. The second-order valence-electron chi connectivity index (χ2n) is 4.74. The highest BCUT2D eigenvalue weighted by Crippen LogP contribution is 2.29. The molecule has 1 saturated heterocycles. The van der Waals surface area contributed by atoms with Gasteiger partial charge in [0, 0.05) is 25.5 Å². The van der Waals surface area contributed by atoms with Crippen LogP contribution in [0.25, 0.3) is 0 Å². The first-order valence-electron chi connectivity index (χ1n) is 6.42. The van der Waals surface area contributed by atoms with Crippen LogP contribution in [-0.2, 0) is 0 Å². The molecule has 0 spiro atoms. The van der Waals surface area contributed by atoms with Crippen LogP contribution in [0.5, 0.6) is 0 Å². The molecule has 1 N–H and O–H groups in total. The second-order valence-corrected chi connectivity index (χ2v) is 4.74. The van der Waals surface area contributed by atoms with E-state index in [0.717, 1.165) is 25.1 Å². The summed E-state index contributed by atoms with van der Waals surface area (Å²) in [5.41, 5.74) is 1.42. The molecule has 7 nitrogen and oxygen atoms in total. The molecule has 20 heavy (non-hydrogen) atoms. The summed E-state index contributed by atoms with van der Waals surface area (Å²) in [6.45, 7) is 1.54. The van der Waals surface area contributed by atoms with Crippen molar-refractivity contribution in [3.8, 4) is 6.07 Å². The summed E-state index contributed by atoms with van der Waals surface area (Å²) in [7, 11) is 0. The van der Waals surface area contributed by atoms with Crippen molar-refractivity contribution in [1.29, 1.82) is 5.26 Å². The minimum absolute atomic E-state index is 0.0578. The van der Waals surface area contributed by atoms with Crippen LogP contribution in [0.1, 0.15) is 30.2 Å². The van der Waals surface area contributed by atoms with Gasteiger partial charge in [0.2, 0.25) is 5.89 Å². The molecule has 3 rings (SSSR count).